The van der Waals surface area contributed by atoms with E-state index >= 15 is 0 Å². The molecule has 0 bridgehead atoms. The second-order valence-electron chi connectivity index (χ2n) is 5.70. The Morgan fingerprint density at radius 2 is 2.12 bits per heavy atom. The van der Waals surface area contributed by atoms with Gasteiger partial charge in [0.2, 0.25) is 5.60 Å². The number of carbonyl (C=O) groups excluding carboxylic acids is 2. The fourth-order valence-corrected chi connectivity index (χ4v) is 2.98. The molecule has 0 spiro atoms. The van der Waals surface area contributed by atoms with Gasteiger partial charge in [-0.3, -0.25) is 4.79 Å². The number of nitrogens with one attached hydrogen (secondary N) is 1. The molecule has 25 heavy (non-hydrogen) atoms. The first-order valence-corrected chi connectivity index (χ1v) is 8.82. The first-order chi connectivity index (χ1) is 11.9. The highest BCUT2D eigenvalue weighted by atomic mass is 35.5. The number of rotatable bonds is 7. The highest BCUT2D eigenvalue weighted by molar-refractivity contribution is 6.35. The molecule has 0 saturated heterocycles. The summed E-state index contributed by atoms with van der Waals surface area (Å²) >= 11 is 11.9. The Balaban J connectivity index is 1.99. The SMILES string of the molecule is CCCC1(C(=O)OCC)CC(CNC(=O)c2cc(Cl)ccc2Cl)=NO1. The maximum atomic E-state index is 12.3. The number of hydrogen-bond donors (Lipinski definition) is 1. The van der Waals surface area contributed by atoms with Crippen LogP contribution in [-0.2, 0) is 14.4 Å². The van der Waals surface area contributed by atoms with Crippen molar-refractivity contribution < 1.29 is 19.2 Å². The Labute approximate surface area is 156 Å². The molecule has 1 aromatic rings. The fourth-order valence-electron chi connectivity index (χ4n) is 2.60. The van der Waals surface area contributed by atoms with Crippen LogP contribution in [-0.4, -0.2) is 36.3 Å². The lowest BCUT2D eigenvalue weighted by atomic mass is 9.92. The van der Waals surface area contributed by atoms with Crippen molar-refractivity contribution in [3.63, 3.8) is 0 Å². The average Bonchev–Trinajstić information content (AvgIpc) is 3.00. The number of benzene rings is 1. The molecule has 0 saturated carbocycles. The molecule has 1 aliphatic heterocycles. The van der Waals surface area contributed by atoms with Gasteiger partial charge in [0, 0.05) is 17.9 Å². The van der Waals surface area contributed by atoms with Crippen LogP contribution in [0.5, 0.6) is 0 Å². The van der Waals surface area contributed by atoms with Crippen molar-refractivity contribution in [2.24, 2.45) is 5.16 Å². The summed E-state index contributed by atoms with van der Waals surface area (Å²) in [6.45, 7) is 4.11. The maximum Gasteiger partial charge on any atom is 0.353 e. The molecule has 0 radical (unpaired) electrons. The second-order valence-corrected chi connectivity index (χ2v) is 6.54. The molecule has 1 heterocycles. The lowest BCUT2D eigenvalue weighted by Gasteiger charge is -2.23. The lowest BCUT2D eigenvalue weighted by Crippen LogP contribution is -2.41. The Kier molecular flexibility index (Phi) is 6.67. The van der Waals surface area contributed by atoms with Crippen molar-refractivity contribution in [3.8, 4) is 0 Å². The highest BCUT2D eigenvalue weighted by Gasteiger charge is 2.47. The van der Waals surface area contributed by atoms with Crippen molar-refractivity contribution in [2.45, 2.75) is 38.7 Å². The van der Waals surface area contributed by atoms with Gasteiger partial charge in [0.25, 0.3) is 5.91 Å². The quantitative estimate of drug-likeness (QED) is 0.726. The number of carbonyl (C=O) groups is 2. The summed E-state index contributed by atoms with van der Waals surface area (Å²) in [5, 5.41) is 7.39. The third-order valence-corrected chi connectivity index (χ3v) is 4.33. The van der Waals surface area contributed by atoms with Crippen molar-refractivity contribution in [1.82, 2.24) is 5.32 Å². The lowest BCUT2D eigenvalue weighted by molar-refractivity contribution is -0.170. The summed E-state index contributed by atoms with van der Waals surface area (Å²) in [5.41, 5.74) is -0.259. The smallest absolute Gasteiger partial charge is 0.353 e. The minimum atomic E-state index is -1.10. The summed E-state index contributed by atoms with van der Waals surface area (Å²) in [5.74, 6) is -0.806. The number of oxime groups is 1. The van der Waals surface area contributed by atoms with E-state index in [0.29, 0.717) is 22.2 Å². The zero-order valence-electron chi connectivity index (χ0n) is 14.1. The minimum Gasteiger partial charge on any atom is -0.463 e. The molecule has 0 aromatic heterocycles. The Morgan fingerprint density at radius 3 is 2.80 bits per heavy atom. The molecular weight excluding hydrogens is 367 g/mol. The zero-order chi connectivity index (χ0) is 18.4. The van der Waals surface area contributed by atoms with Crippen LogP contribution in [0, 0.1) is 0 Å². The Morgan fingerprint density at radius 1 is 1.36 bits per heavy atom. The van der Waals surface area contributed by atoms with Crippen LogP contribution in [0.2, 0.25) is 10.0 Å². The van der Waals surface area contributed by atoms with Crippen LogP contribution in [0.4, 0.5) is 0 Å². The number of hydrogen-bond acceptors (Lipinski definition) is 5. The molecule has 1 aliphatic rings. The van der Waals surface area contributed by atoms with Gasteiger partial charge in [-0.05, 0) is 25.1 Å². The summed E-state index contributed by atoms with van der Waals surface area (Å²) in [7, 11) is 0. The number of nitrogens with zero attached hydrogens (tertiary/aromatic N) is 1. The van der Waals surface area contributed by atoms with Gasteiger partial charge in [0.1, 0.15) is 0 Å². The van der Waals surface area contributed by atoms with Crippen molar-refractivity contribution in [3.05, 3.63) is 33.8 Å². The van der Waals surface area contributed by atoms with E-state index in [1.165, 1.54) is 6.07 Å². The third kappa shape index (κ3) is 4.64. The van der Waals surface area contributed by atoms with E-state index in [2.05, 4.69) is 10.5 Å². The molecule has 1 atom stereocenters. The standard InChI is InChI=1S/C17H20Cl2N2O4/c1-3-7-17(16(23)24-4-2)9-12(21-25-17)10-20-15(22)13-8-11(18)5-6-14(13)19/h5-6,8H,3-4,7,9-10H2,1-2H3,(H,20,22). The molecule has 1 unspecified atom stereocenters. The van der Waals surface area contributed by atoms with Crippen molar-refractivity contribution in [2.75, 3.05) is 13.2 Å². The molecule has 8 heteroatoms. The predicted octanol–water partition coefficient (Wildman–Crippen LogP) is 3.60. The molecule has 0 fully saturated rings. The molecule has 136 valence electrons. The average molecular weight is 387 g/mol. The van der Waals surface area contributed by atoms with Crippen LogP contribution in [0.15, 0.2) is 23.4 Å². The van der Waals surface area contributed by atoms with Crippen molar-refractivity contribution >= 4 is 40.8 Å². The van der Waals surface area contributed by atoms with E-state index in [1.807, 2.05) is 6.92 Å². The van der Waals surface area contributed by atoms with Crippen LogP contribution in [0.3, 0.4) is 0 Å². The Bertz CT molecular complexity index is 693. The second kappa shape index (κ2) is 8.54. The maximum absolute atomic E-state index is 12.3. The topological polar surface area (TPSA) is 77.0 Å². The highest BCUT2D eigenvalue weighted by Crippen LogP contribution is 2.30. The van der Waals surface area contributed by atoms with Gasteiger partial charge in [-0.15, -0.1) is 0 Å². The molecule has 1 aromatic carbocycles. The number of esters is 1. The van der Waals surface area contributed by atoms with E-state index in [-0.39, 0.29) is 31.0 Å². The largest absolute Gasteiger partial charge is 0.463 e. The first-order valence-electron chi connectivity index (χ1n) is 8.06. The molecule has 2 rings (SSSR count). The number of amides is 1. The van der Waals surface area contributed by atoms with Crippen LogP contribution in [0.25, 0.3) is 0 Å². The predicted molar refractivity (Wildman–Crippen MR) is 96.2 cm³/mol. The molecule has 0 aliphatic carbocycles. The zero-order valence-corrected chi connectivity index (χ0v) is 15.6. The van der Waals surface area contributed by atoms with Gasteiger partial charge in [-0.1, -0.05) is 41.7 Å². The number of ether oxygens (including phenoxy) is 1. The van der Waals surface area contributed by atoms with E-state index in [0.717, 1.165) is 6.42 Å². The molecule has 1 N–H and O–H groups in total. The van der Waals surface area contributed by atoms with E-state index in [4.69, 9.17) is 32.8 Å². The van der Waals surface area contributed by atoms with Gasteiger partial charge in [0.15, 0.2) is 0 Å². The van der Waals surface area contributed by atoms with Gasteiger partial charge in [-0.25, -0.2) is 4.79 Å². The molecule has 6 nitrogen and oxygen atoms in total. The van der Waals surface area contributed by atoms with Crippen LogP contribution < -0.4 is 5.32 Å². The van der Waals surface area contributed by atoms with Gasteiger partial charge in [0.05, 0.1) is 29.4 Å². The summed E-state index contributed by atoms with van der Waals surface area (Å²) in [4.78, 5) is 29.9. The summed E-state index contributed by atoms with van der Waals surface area (Å²) < 4.78 is 5.10. The minimum absolute atomic E-state index is 0.145. The van der Waals surface area contributed by atoms with E-state index < -0.39 is 11.6 Å². The molecule has 1 amide bonds. The molecular formula is C17H20Cl2N2O4. The van der Waals surface area contributed by atoms with Gasteiger partial charge >= 0.3 is 5.97 Å². The van der Waals surface area contributed by atoms with Crippen molar-refractivity contribution in [1.29, 1.82) is 0 Å². The number of halogens is 2. The summed E-state index contributed by atoms with van der Waals surface area (Å²) in [6.07, 6.45) is 1.52. The van der Waals surface area contributed by atoms with E-state index in [9.17, 15) is 9.59 Å². The first kappa shape index (κ1) is 19.5. The Hall–Kier alpha value is -1.79. The van der Waals surface area contributed by atoms with E-state index in [1.54, 1.807) is 19.1 Å². The fraction of sp³-hybridized carbons (Fsp3) is 0.471. The monoisotopic (exact) mass is 386 g/mol. The van der Waals surface area contributed by atoms with Crippen LogP contribution >= 0.6 is 23.2 Å². The van der Waals surface area contributed by atoms with Gasteiger partial charge < -0.3 is 14.9 Å². The van der Waals surface area contributed by atoms with Gasteiger partial charge in [-0.2, -0.15) is 0 Å². The normalized spacial score (nSPS) is 19.1. The summed E-state index contributed by atoms with van der Waals surface area (Å²) in [6, 6.07) is 4.65. The van der Waals surface area contributed by atoms with Crippen LogP contribution in [0.1, 0.15) is 43.5 Å². The third-order valence-electron chi connectivity index (χ3n) is 3.77.